The Morgan fingerprint density at radius 1 is 1.36 bits per heavy atom. The molecular weight excluding hydrogens is 368 g/mol. The number of benzene rings is 1. The Morgan fingerprint density at radius 2 is 2.05 bits per heavy atom. The van der Waals surface area contributed by atoms with Gasteiger partial charge in [0.15, 0.2) is 0 Å². The molecule has 2 bridgehead atoms. The van der Waals surface area contributed by atoms with Crippen LogP contribution >= 0.6 is 28.3 Å². The van der Waals surface area contributed by atoms with Crippen molar-refractivity contribution in [2.45, 2.75) is 44.2 Å². The zero-order valence-corrected chi connectivity index (χ0v) is 15.0. The molecular formula is C16H22BrClN2O2. The molecule has 22 heavy (non-hydrogen) atoms. The van der Waals surface area contributed by atoms with Crippen LogP contribution in [0.5, 0.6) is 5.75 Å². The van der Waals surface area contributed by atoms with Crippen LogP contribution in [-0.2, 0) is 4.79 Å². The maximum Gasteiger partial charge on any atom is 0.224 e. The molecule has 4 nitrogen and oxygen atoms in total. The maximum atomic E-state index is 12.2. The number of carbonyl (C=O) groups excluding carboxylic acids is 1. The second-order valence-electron chi connectivity index (χ2n) is 6.08. The number of nitrogens with one attached hydrogen (secondary N) is 2. The Kier molecular flexibility index (Phi) is 6.12. The fourth-order valence-electron chi connectivity index (χ4n) is 3.56. The Labute approximate surface area is 145 Å². The standard InChI is InChI=1S/C16H21BrN2O2.ClH/c1-21-15-5-4-13(9-14(15)17)19-16(20)8-10-6-11-2-3-12(7-10)18-11;/h4-5,9-12,18H,2-3,6-8H2,1H3,(H,19,20);1H. The number of anilines is 1. The molecule has 2 N–H and O–H groups in total. The summed E-state index contributed by atoms with van der Waals surface area (Å²) in [7, 11) is 1.63. The van der Waals surface area contributed by atoms with Gasteiger partial charge in [0.25, 0.3) is 0 Å². The summed E-state index contributed by atoms with van der Waals surface area (Å²) in [5.74, 6) is 1.40. The summed E-state index contributed by atoms with van der Waals surface area (Å²) in [6.07, 6.45) is 5.44. The zero-order chi connectivity index (χ0) is 14.8. The van der Waals surface area contributed by atoms with E-state index in [2.05, 4.69) is 26.6 Å². The van der Waals surface area contributed by atoms with Crippen molar-refractivity contribution < 1.29 is 9.53 Å². The smallest absolute Gasteiger partial charge is 0.224 e. The molecule has 2 heterocycles. The number of piperidine rings is 1. The van der Waals surface area contributed by atoms with Gasteiger partial charge in [0.05, 0.1) is 11.6 Å². The second-order valence-corrected chi connectivity index (χ2v) is 6.93. The van der Waals surface area contributed by atoms with Gasteiger partial charge in [-0.3, -0.25) is 4.79 Å². The van der Waals surface area contributed by atoms with Crippen molar-refractivity contribution in [3.05, 3.63) is 22.7 Å². The van der Waals surface area contributed by atoms with Crippen molar-refractivity contribution in [3.8, 4) is 5.75 Å². The second kappa shape index (κ2) is 7.66. The molecule has 2 fully saturated rings. The lowest BCUT2D eigenvalue weighted by Gasteiger charge is -2.28. The number of hydrogen-bond donors (Lipinski definition) is 2. The number of carbonyl (C=O) groups is 1. The Balaban J connectivity index is 0.00000176. The van der Waals surface area contributed by atoms with Crippen LogP contribution in [0.1, 0.15) is 32.1 Å². The van der Waals surface area contributed by atoms with E-state index in [0.29, 0.717) is 24.4 Å². The van der Waals surface area contributed by atoms with Crippen LogP contribution in [0.25, 0.3) is 0 Å². The van der Waals surface area contributed by atoms with E-state index in [0.717, 1.165) is 28.8 Å². The van der Waals surface area contributed by atoms with Crippen molar-refractivity contribution in [1.29, 1.82) is 0 Å². The van der Waals surface area contributed by atoms with E-state index in [1.807, 2.05) is 18.2 Å². The first kappa shape index (κ1) is 17.6. The highest BCUT2D eigenvalue weighted by Crippen LogP contribution is 2.33. The zero-order valence-electron chi connectivity index (χ0n) is 12.6. The molecule has 3 rings (SSSR count). The fourth-order valence-corrected chi connectivity index (χ4v) is 4.10. The maximum absolute atomic E-state index is 12.2. The highest BCUT2D eigenvalue weighted by Gasteiger charge is 2.34. The molecule has 0 saturated carbocycles. The van der Waals surface area contributed by atoms with E-state index in [1.165, 1.54) is 12.8 Å². The van der Waals surface area contributed by atoms with E-state index < -0.39 is 0 Å². The van der Waals surface area contributed by atoms with Gasteiger partial charge in [-0.2, -0.15) is 0 Å². The van der Waals surface area contributed by atoms with Crippen molar-refractivity contribution >= 4 is 39.9 Å². The van der Waals surface area contributed by atoms with Crippen LogP contribution in [0.4, 0.5) is 5.69 Å². The molecule has 0 aromatic heterocycles. The highest BCUT2D eigenvalue weighted by atomic mass is 79.9. The molecule has 2 unspecified atom stereocenters. The monoisotopic (exact) mass is 388 g/mol. The molecule has 2 saturated heterocycles. The van der Waals surface area contributed by atoms with Crippen LogP contribution in [-0.4, -0.2) is 25.1 Å². The minimum absolute atomic E-state index is 0. The summed E-state index contributed by atoms with van der Waals surface area (Å²) >= 11 is 3.44. The number of hydrogen-bond acceptors (Lipinski definition) is 3. The molecule has 122 valence electrons. The summed E-state index contributed by atoms with van der Waals surface area (Å²) < 4.78 is 6.04. The normalized spacial score (nSPS) is 26.2. The number of ether oxygens (including phenoxy) is 1. The average molecular weight is 390 g/mol. The Morgan fingerprint density at radius 3 is 2.64 bits per heavy atom. The van der Waals surface area contributed by atoms with Crippen molar-refractivity contribution in [2.24, 2.45) is 5.92 Å². The molecule has 0 spiro atoms. The third-order valence-electron chi connectivity index (χ3n) is 4.48. The third-order valence-corrected chi connectivity index (χ3v) is 5.10. The molecule has 2 atom stereocenters. The molecule has 2 aliphatic heterocycles. The minimum atomic E-state index is 0. The van der Waals surface area contributed by atoms with Gasteiger partial charge >= 0.3 is 0 Å². The topological polar surface area (TPSA) is 50.4 Å². The summed E-state index contributed by atoms with van der Waals surface area (Å²) in [6.45, 7) is 0. The predicted octanol–water partition coefficient (Wildman–Crippen LogP) is 3.74. The molecule has 0 aliphatic carbocycles. The van der Waals surface area contributed by atoms with Gasteiger partial charge in [-0.15, -0.1) is 12.4 Å². The third kappa shape index (κ3) is 4.15. The first-order valence-electron chi connectivity index (χ1n) is 7.53. The number of rotatable bonds is 4. The lowest BCUT2D eigenvalue weighted by Crippen LogP contribution is -2.39. The largest absolute Gasteiger partial charge is 0.496 e. The number of methoxy groups -OCH3 is 1. The van der Waals surface area contributed by atoms with Crippen LogP contribution < -0.4 is 15.4 Å². The van der Waals surface area contributed by atoms with Crippen LogP contribution in [0.3, 0.4) is 0 Å². The van der Waals surface area contributed by atoms with E-state index in [-0.39, 0.29) is 18.3 Å². The summed E-state index contributed by atoms with van der Waals surface area (Å²) in [5, 5.41) is 6.60. The average Bonchev–Trinajstić information content (AvgIpc) is 2.78. The molecule has 6 heteroatoms. The van der Waals surface area contributed by atoms with Crippen LogP contribution in [0.2, 0.25) is 0 Å². The minimum Gasteiger partial charge on any atom is -0.496 e. The molecule has 1 aromatic carbocycles. The molecule has 2 aliphatic rings. The predicted molar refractivity (Wildman–Crippen MR) is 93.9 cm³/mol. The van der Waals surface area contributed by atoms with Crippen LogP contribution in [0.15, 0.2) is 22.7 Å². The Hall–Kier alpha value is -0.780. The van der Waals surface area contributed by atoms with Gasteiger partial charge in [0, 0.05) is 24.2 Å². The molecule has 0 radical (unpaired) electrons. The Bertz CT molecular complexity index is 529. The van der Waals surface area contributed by atoms with Gasteiger partial charge in [-0.25, -0.2) is 0 Å². The number of amides is 1. The lowest BCUT2D eigenvalue weighted by atomic mass is 9.89. The van der Waals surface area contributed by atoms with Crippen LogP contribution in [0, 0.1) is 5.92 Å². The van der Waals surface area contributed by atoms with E-state index >= 15 is 0 Å². The fraction of sp³-hybridized carbons (Fsp3) is 0.562. The quantitative estimate of drug-likeness (QED) is 0.825. The number of fused-ring (bicyclic) bond motifs is 2. The van der Waals surface area contributed by atoms with E-state index in [4.69, 9.17) is 4.74 Å². The van der Waals surface area contributed by atoms with Gasteiger partial charge < -0.3 is 15.4 Å². The summed E-state index contributed by atoms with van der Waals surface area (Å²) in [4.78, 5) is 12.2. The van der Waals surface area contributed by atoms with Gasteiger partial charge in [-0.05, 0) is 65.7 Å². The van der Waals surface area contributed by atoms with Gasteiger partial charge in [0.1, 0.15) is 5.75 Å². The summed E-state index contributed by atoms with van der Waals surface area (Å²) in [5.41, 5.74) is 0.810. The van der Waals surface area contributed by atoms with Crippen molar-refractivity contribution in [3.63, 3.8) is 0 Å². The van der Waals surface area contributed by atoms with Crippen molar-refractivity contribution in [2.75, 3.05) is 12.4 Å². The van der Waals surface area contributed by atoms with E-state index in [1.54, 1.807) is 7.11 Å². The molecule has 1 aromatic rings. The first-order chi connectivity index (χ1) is 10.1. The van der Waals surface area contributed by atoms with E-state index in [9.17, 15) is 4.79 Å². The van der Waals surface area contributed by atoms with Gasteiger partial charge in [-0.1, -0.05) is 0 Å². The SMILES string of the molecule is COc1ccc(NC(=O)CC2CC3CCC(C2)N3)cc1Br.Cl. The molecule has 1 amide bonds. The number of halogens is 2. The first-order valence-corrected chi connectivity index (χ1v) is 8.33. The lowest BCUT2D eigenvalue weighted by molar-refractivity contribution is -0.117. The summed E-state index contributed by atoms with van der Waals surface area (Å²) in [6, 6.07) is 6.87. The van der Waals surface area contributed by atoms with Crippen molar-refractivity contribution in [1.82, 2.24) is 5.32 Å². The highest BCUT2D eigenvalue weighted by molar-refractivity contribution is 9.10. The van der Waals surface area contributed by atoms with Gasteiger partial charge in [0.2, 0.25) is 5.91 Å².